The van der Waals surface area contributed by atoms with Crippen molar-refractivity contribution in [1.82, 2.24) is 4.98 Å². The molecule has 0 fully saturated rings. The summed E-state index contributed by atoms with van der Waals surface area (Å²) in [5, 5.41) is 0. The first-order chi connectivity index (χ1) is 5.11. The van der Waals surface area contributed by atoms with Gasteiger partial charge in [0.2, 0.25) is 0 Å². The van der Waals surface area contributed by atoms with E-state index in [2.05, 4.69) is 4.98 Å². The molecule has 0 N–H and O–H groups in total. The van der Waals surface area contributed by atoms with Gasteiger partial charge in [0, 0.05) is 14.1 Å². The molecule has 0 aromatic carbocycles. The van der Waals surface area contributed by atoms with Crippen LogP contribution in [0.3, 0.4) is 0 Å². The minimum atomic E-state index is -0.284. The average Bonchev–Trinajstić information content (AvgIpc) is 1.85. The van der Waals surface area contributed by atoms with Crippen LogP contribution in [0.15, 0.2) is 12.3 Å². The lowest BCUT2D eigenvalue weighted by atomic mass is 10.3. The second-order valence-corrected chi connectivity index (χ2v) is 2.69. The fraction of sp³-hybridized carbons (Fsp3) is 0.375. The monoisotopic (exact) mass is 154 g/mol. The highest BCUT2D eigenvalue weighted by atomic mass is 19.1. The van der Waals surface area contributed by atoms with Gasteiger partial charge in [-0.2, -0.15) is 0 Å². The van der Waals surface area contributed by atoms with Crippen molar-refractivity contribution in [2.45, 2.75) is 6.92 Å². The SMILES string of the molecule is Cc1cc(F)cnc1N(C)C. The summed E-state index contributed by atoms with van der Waals surface area (Å²) in [6.45, 7) is 1.84. The number of hydrogen-bond donors (Lipinski definition) is 0. The summed E-state index contributed by atoms with van der Waals surface area (Å²) in [6.07, 6.45) is 1.22. The fourth-order valence-corrected chi connectivity index (χ4v) is 1.00. The van der Waals surface area contributed by atoms with Crippen molar-refractivity contribution in [2.24, 2.45) is 0 Å². The molecule has 0 saturated heterocycles. The number of pyridine rings is 1. The third-order valence-corrected chi connectivity index (χ3v) is 1.44. The van der Waals surface area contributed by atoms with E-state index in [1.165, 1.54) is 12.3 Å². The van der Waals surface area contributed by atoms with Crippen molar-refractivity contribution >= 4 is 5.82 Å². The zero-order valence-corrected chi connectivity index (χ0v) is 6.93. The zero-order chi connectivity index (χ0) is 8.43. The van der Waals surface area contributed by atoms with Crippen molar-refractivity contribution in [1.29, 1.82) is 0 Å². The maximum absolute atomic E-state index is 12.5. The van der Waals surface area contributed by atoms with Gasteiger partial charge in [-0.15, -0.1) is 0 Å². The zero-order valence-electron chi connectivity index (χ0n) is 6.93. The summed E-state index contributed by atoms with van der Waals surface area (Å²) in [5.41, 5.74) is 0.856. The molecular weight excluding hydrogens is 143 g/mol. The Morgan fingerprint density at radius 2 is 2.09 bits per heavy atom. The highest BCUT2D eigenvalue weighted by molar-refractivity contribution is 5.44. The third kappa shape index (κ3) is 1.67. The number of hydrogen-bond acceptors (Lipinski definition) is 2. The lowest BCUT2D eigenvalue weighted by Crippen LogP contribution is -2.12. The topological polar surface area (TPSA) is 16.1 Å². The molecule has 0 aliphatic heterocycles. The first-order valence-corrected chi connectivity index (χ1v) is 3.40. The van der Waals surface area contributed by atoms with E-state index in [-0.39, 0.29) is 5.82 Å². The Hall–Kier alpha value is -1.12. The van der Waals surface area contributed by atoms with E-state index in [0.29, 0.717) is 0 Å². The van der Waals surface area contributed by atoms with Gasteiger partial charge in [-0.1, -0.05) is 0 Å². The average molecular weight is 154 g/mol. The molecule has 0 radical (unpaired) electrons. The molecule has 1 aromatic rings. The molecule has 3 heteroatoms. The quantitative estimate of drug-likeness (QED) is 0.610. The maximum Gasteiger partial charge on any atom is 0.141 e. The minimum Gasteiger partial charge on any atom is -0.363 e. The van der Waals surface area contributed by atoms with E-state index >= 15 is 0 Å². The van der Waals surface area contributed by atoms with Gasteiger partial charge in [0.15, 0.2) is 0 Å². The van der Waals surface area contributed by atoms with Gasteiger partial charge >= 0.3 is 0 Å². The summed E-state index contributed by atoms with van der Waals surface area (Å²) in [5.74, 6) is 0.527. The largest absolute Gasteiger partial charge is 0.363 e. The van der Waals surface area contributed by atoms with E-state index in [9.17, 15) is 4.39 Å². The van der Waals surface area contributed by atoms with Crippen LogP contribution >= 0.6 is 0 Å². The van der Waals surface area contributed by atoms with Crippen LogP contribution in [0.4, 0.5) is 10.2 Å². The van der Waals surface area contributed by atoms with Crippen LogP contribution in [0.1, 0.15) is 5.56 Å². The van der Waals surface area contributed by atoms with Crippen molar-refractivity contribution in [2.75, 3.05) is 19.0 Å². The minimum absolute atomic E-state index is 0.284. The summed E-state index contributed by atoms with van der Waals surface area (Å²) in [6, 6.07) is 1.47. The molecule has 0 saturated carbocycles. The number of nitrogens with zero attached hydrogens (tertiary/aromatic N) is 2. The molecule has 0 atom stereocenters. The van der Waals surface area contributed by atoms with E-state index in [0.717, 1.165) is 11.4 Å². The molecule has 2 nitrogen and oxygen atoms in total. The van der Waals surface area contributed by atoms with Gasteiger partial charge in [0.1, 0.15) is 11.6 Å². The maximum atomic E-state index is 12.5. The lowest BCUT2D eigenvalue weighted by Gasteiger charge is -2.13. The van der Waals surface area contributed by atoms with E-state index in [1.807, 2.05) is 25.9 Å². The highest BCUT2D eigenvalue weighted by Crippen LogP contribution is 2.13. The van der Waals surface area contributed by atoms with Crippen LogP contribution in [-0.2, 0) is 0 Å². The molecule has 11 heavy (non-hydrogen) atoms. The predicted molar refractivity (Wildman–Crippen MR) is 43.3 cm³/mol. The molecule has 0 spiro atoms. The second-order valence-electron chi connectivity index (χ2n) is 2.69. The van der Waals surface area contributed by atoms with Gasteiger partial charge in [0.25, 0.3) is 0 Å². The number of aromatic nitrogens is 1. The van der Waals surface area contributed by atoms with E-state index in [1.54, 1.807) is 0 Å². The molecule has 0 unspecified atom stereocenters. The highest BCUT2D eigenvalue weighted by Gasteiger charge is 2.01. The molecule has 0 bridgehead atoms. The van der Waals surface area contributed by atoms with Crippen LogP contribution in [0.25, 0.3) is 0 Å². The van der Waals surface area contributed by atoms with Crippen LogP contribution < -0.4 is 4.90 Å². The Morgan fingerprint density at radius 1 is 1.45 bits per heavy atom. The number of anilines is 1. The molecule has 0 aliphatic carbocycles. The summed E-state index contributed by atoms with van der Waals surface area (Å²) < 4.78 is 12.5. The van der Waals surface area contributed by atoms with Crippen LogP contribution in [0.5, 0.6) is 0 Å². The third-order valence-electron chi connectivity index (χ3n) is 1.44. The Kier molecular flexibility index (Phi) is 2.08. The smallest absolute Gasteiger partial charge is 0.141 e. The van der Waals surface area contributed by atoms with E-state index in [4.69, 9.17) is 0 Å². The van der Waals surface area contributed by atoms with Gasteiger partial charge in [0.05, 0.1) is 6.20 Å². The lowest BCUT2D eigenvalue weighted by molar-refractivity contribution is 0.619. The molecule has 1 heterocycles. The molecule has 1 rings (SSSR count). The van der Waals surface area contributed by atoms with Gasteiger partial charge in [-0.3, -0.25) is 0 Å². The van der Waals surface area contributed by atoms with Crippen molar-refractivity contribution < 1.29 is 4.39 Å². The molecule has 1 aromatic heterocycles. The van der Waals surface area contributed by atoms with Crippen LogP contribution in [-0.4, -0.2) is 19.1 Å². The Labute approximate surface area is 65.7 Å². The summed E-state index contributed by atoms with van der Waals surface area (Å²) in [7, 11) is 3.76. The Morgan fingerprint density at radius 3 is 2.55 bits per heavy atom. The van der Waals surface area contributed by atoms with Crippen molar-refractivity contribution in [3.05, 3.63) is 23.6 Å². The number of halogens is 1. The van der Waals surface area contributed by atoms with Crippen LogP contribution in [0, 0.1) is 12.7 Å². The molecule has 0 amide bonds. The Bertz CT molecular complexity index is 258. The van der Waals surface area contributed by atoms with Gasteiger partial charge in [-0.25, -0.2) is 9.37 Å². The first kappa shape index (κ1) is 7.98. The molecular formula is C8H11FN2. The van der Waals surface area contributed by atoms with Gasteiger partial charge in [-0.05, 0) is 18.6 Å². The number of aryl methyl sites for hydroxylation is 1. The standard InChI is InChI=1S/C8H11FN2/c1-6-4-7(9)5-10-8(6)11(2)3/h4-5H,1-3H3. The predicted octanol–water partition coefficient (Wildman–Crippen LogP) is 1.60. The molecule has 0 aliphatic rings. The van der Waals surface area contributed by atoms with E-state index < -0.39 is 0 Å². The first-order valence-electron chi connectivity index (χ1n) is 3.40. The summed E-state index contributed by atoms with van der Waals surface area (Å²) in [4.78, 5) is 5.78. The fourth-order valence-electron chi connectivity index (χ4n) is 1.00. The van der Waals surface area contributed by atoms with Crippen molar-refractivity contribution in [3.63, 3.8) is 0 Å². The summed E-state index contributed by atoms with van der Waals surface area (Å²) >= 11 is 0. The van der Waals surface area contributed by atoms with Crippen molar-refractivity contribution in [3.8, 4) is 0 Å². The van der Waals surface area contributed by atoms with Crippen LogP contribution in [0.2, 0.25) is 0 Å². The molecule has 60 valence electrons. The normalized spacial score (nSPS) is 9.82. The Balaban J connectivity index is 3.09. The second kappa shape index (κ2) is 2.86. The number of rotatable bonds is 1. The van der Waals surface area contributed by atoms with Gasteiger partial charge < -0.3 is 4.90 Å².